The lowest BCUT2D eigenvalue weighted by Gasteiger charge is -2.42. The molecule has 368 valence electrons. The molecule has 4 bridgehead atoms. The molecule has 16 heteroatoms. The van der Waals surface area contributed by atoms with Gasteiger partial charge in [-0.2, -0.15) is 0 Å². The Balaban J connectivity index is 1.58. The smallest absolute Gasteiger partial charge is 0.312 e. The summed E-state index contributed by atoms with van der Waals surface area (Å²) in [6.07, 6.45) is 5.47. The van der Waals surface area contributed by atoms with Gasteiger partial charge in [0.05, 0.1) is 49.1 Å². The van der Waals surface area contributed by atoms with E-state index in [1.165, 1.54) is 53.2 Å². The van der Waals surface area contributed by atoms with Crippen LogP contribution in [0.25, 0.3) is 33.0 Å². The molecule has 0 aliphatic carbocycles. The van der Waals surface area contributed by atoms with Crippen LogP contribution in [0.15, 0.2) is 57.5 Å². The van der Waals surface area contributed by atoms with Crippen molar-refractivity contribution >= 4 is 56.3 Å². The van der Waals surface area contributed by atoms with Crippen molar-refractivity contribution in [1.29, 1.82) is 0 Å². The zero-order valence-corrected chi connectivity index (χ0v) is 41.8. The van der Waals surface area contributed by atoms with Crippen LogP contribution in [0.1, 0.15) is 92.1 Å². The van der Waals surface area contributed by atoms with E-state index in [1.54, 1.807) is 18.2 Å². The van der Waals surface area contributed by atoms with Gasteiger partial charge in [0.1, 0.15) is 47.5 Å². The summed E-state index contributed by atoms with van der Waals surface area (Å²) >= 11 is 0. The minimum Gasteiger partial charge on any atom is -0.505 e. The summed E-state index contributed by atoms with van der Waals surface area (Å²) in [6, 6.07) is 2.60. The first kappa shape index (κ1) is 51.5. The molecule has 0 radical (unpaired) electrons. The van der Waals surface area contributed by atoms with Gasteiger partial charge in [-0.05, 0) is 58.4 Å². The van der Waals surface area contributed by atoms with Gasteiger partial charge in [-0.1, -0.05) is 52.8 Å². The highest BCUT2D eigenvalue weighted by atomic mass is 19.1. The fourth-order valence-electron chi connectivity index (χ4n) is 8.87. The van der Waals surface area contributed by atoms with Crippen LogP contribution in [-0.4, -0.2) is 101 Å². The maximum absolute atomic E-state index is 16.3. The fourth-order valence-corrected chi connectivity index (χ4v) is 8.87. The van der Waals surface area contributed by atoms with Crippen molar-refractivity contribution in [3.05, 3.63) is 75.4 Å². The Morgan fingerprint density at radius 3 is 2.29 bits per heavy atom. The molecular formula is C52H67FN3O12+. The first-order chi connectivity index (χ1) is 31.6. The molecule has 15 nitrogen and oxygen atoms in total. The maximum Gasteiger partial charge on any atom is 0.312 e. The number of aliphatic hydroxyl groups excluding tert-OH is 1. The van der Waals surface area contributed by atoms with E-state index in [0.717, 1.165) is 6.07 Å². The van der Waals surface area contributed by atoms with Crippen molar-refractivity contribution in [2.24, 2.45) is 29.6 Å². The molecule has 9 atom stereocenters. The molecule has 1 amide bonds. The molecule has 0 saturated carbocycles. The Bertz CT molecular complexity index is 2810. The third-order valence-corrected chi connectivity index (χ3v) is 14.7. The monoisotopic (exact) mass is 944 g/mol. The summed E-state index contributed by atoms with van der Waals surface area (Å²) in [4.78, 5) is 60.4. The number of fused-ring (bicyclic) bond motifs is 2. The molecule has 0 spiro atoms. The normalized spacial score (nSPS) is 28.2. The second-order valence-electron chi connectivity index (χ2n) is 20.3. The van der Waals surface area contributed by atoms with Crippen molar-refractivity contribution in [2.45, 2.75) is 113 Å². The molecular weight excluding hydrogens is 878 g/mol. The SMILES string of the molecule is CO[C@H]1/C=C/O[C@@]2(C)Oc3c(C)c(=O)c4c(O)c(c5oc6cc(OCC[N+](C)(C)C(C)(C)C)cc(F)c6nc5c4c3C2=O)NC(=O)/C(C)=C\C=C\[C@H](C)[C@H](O)[C@@H](C)[C@@H](C)[C@@H](C)[C@H](OC(C)=O)[C@@H]1C. The predicted molar refractivity (Wildman–Crippen MR) is 257 cm³/mol. The van der Waals surface area contributed by atoms with E-state index in [1.807, 2.05) is 34.6 Å². The summed E-state index contributed by atoms with van der Waals surface area (Å²) < 4.78 is 53.4. The zero-order valence-electron chi connectivity index (χ0n) is 41.8. The number of rotatable bonds is 6. The Labute approximate surface area is 396 Å². The van der Waals surface area contributed by atoms with Gasteiger partial charge in [0.2, 0.25) is 0 Å². The number of benzene rings is 3. The van der Waals surface area contributed by atoms with Gasteiger partial charge in [0.25, 0.3) is 11.7 Å². The number of Topliss-reactive ketones (excluding diaryl/α,β-unsaturated/α-hetero) is 1. The van der Waals surface area contributed by atoms with E-state index in [9.17, 15) is 29.4 Å². The summed E-state index contributed by atoms with van der Waals surface area (Å²) in [5, 5.41) is 25.8. The molecule has 3 aromatic carbocycles. The number of hydrogen-bond donors (Lipinski definition) is 3. The Morgan fingerprint density at radius 2 is 1.66 bits per heavy atom. The van der Waals surface area contributed by atoms with E-state index in [4.69, 9.17) is 28.1 Å². The van der Waals surface area contributed by atoms with Crippen LogP contribution in [-0.2, 0) is 23.8 Å². The van der Waals surface area contributed by atoms with Gasteiger partial charge in [0.15, 0.2) is 28.2 Å². The number of phenolic OH excluding ortho intramolecular Hbond substituents is 1. The molecule has 0 fully saturated rings. The number of anilines is 1. The highest BCUT2D eigenvalue weighted by Gasteiger charge is 2.50. The van der Waals surface area contributed by atoms with Crippen molar-refractivity contribution in [3.63, 3.8) is 0 Å². The number of likely N-dealkylation sites (N-methyl/N-ethyl adjacent to an activating group) is 1. The van der Waals surface area contributed by atoms with Crippen LogP contribution < -0.4 is 20.2 Å². The lowest BCUT2D eigenvalue weighted by Crippen LogP contribution is -2.55. The molecule has 6 rings (SSSR count). The third kappa shape index (κ3) is 9.59. The van der Waals surface area contributed by atoms with Crippen LogP contribution in [0.2, 0.25) is 0 Å². The molecule has 3 heterocycles. The minimum absolute atomic E-state index is 0.0592. The lowest BCUT2D eigenvalue weighted by atomic mass is 9.73. The van der Waals surface area contributed by atoms with Crippen molar-refractivity contribution in [1.82, 2.24) is 4.98 Å². The van der Waals surface area contributed by atoms with E-state index in [-0.39, 0.29) is 97.3 Å². The average molecular weight is 945 g/mol. The van der Waals surface area contributed by atoms with Crippen molar-refractivity contribution in [3.8, 4) is 17.2 Å². The van der Waals surface area contributed by atoms with Crippen LogP contribution in [0.5, 0.6) is 17.2 Å². The zero-order chi connectivity index (χ0) is 50.5. The summed E-state index contributed by atoms with van der Waals surface area (Å²) in [7, 11) is 5.62. The molecule has 3 N–H and O–H groups in total. The number of amides is 1. The topological polar surface area (TPSA) is 193 Å². The van der Waals surface area contributed by atoms with E-state index < -0.39 is 70.1 Å². The van der Waals surface area contributed by atoms with Crippen LogP contribution in [0.4, 0.5) is 10.1 Å². The number of aliphatic hydroxyl groups is 1. The van der Waals surface area contributed by atoms with Crippen LogP contribution >= 0.6 is 0 Å². The number of nitrogens with zero attached hydrogens (tertiary/aromatic N) is 2. The number of halogens is 1. The number of aromatic hydroxyl groups is 1. The summed E-state index contributed by atoms with van der Waals surface area (Å²) in [5.41, 5.74) is -2.23. The number of carbonyl (C=O) groups is 3. The number of esters is 1. The second kappa shape index (κ2) is 19.3. The van der Waals surface area contributed by atoms with Gasteiger partial charge >= 0.3 is 11.8 Å². The minimum atomic E-state index is -2.09. The molecule has 0 unspecified atom stereocenters. The highest BCUT2D eigenvalue weighted by Crippen LogP contribution is 2.49. The molecule has 68 heavy (non-hydrogen) atoms. The lowest BCUT2D eigenvalue weighted by molar-refractivity contribution is -0.935. The van der Waals surface area contributed by atoms with Crippen molar-refractivity contribution in [2.75, 3.05) is 39.7 Å². The summed E-state index contributed by atoms with van der Waals surface area (Å²) in [5.74, 6) is -7.24. The average Bonchev–Trinajstić information content (AvgIpc) is 3.53. The first-order valence-electron chi connectivity index (χ1n) is 23.0. The predicted octanol–water partition coefficient (Wildman–Crippen LogP) is 8.67. The van der Waals surface area contributed by atoms with E-state index in [2.05, 4.69) is 45.2 Å². The molecule has 0 saturated heterocycles. The quantitative estimate of drug-likeness (QED) is 0.0547. The van der Waals surface area contributed by atoms with Crippen LogP contribution in [0.3, 0.4) is 0 Å². The largest absolute Gasteiger partial charge is 0.505 e. The summed E-state index contributed by atoms with van der Waals surface area (Å²) in [6.45, 7) is 22.3. The molecule has 4 aromatic rings. The van der Waals surface area contributed by atoms with Crippen molar-refractivity contribution < 1.29 is 61.6 Å². The Morgan fingerprint density at radius 1 is 0.985 bits per heavy atom. The van der Waals surface area contributed by atoms with Gasteiger partial charge in [0, 0.05) is 61.4 Å². The van der Waals surface area contributed by atoms with Gasteiger partial charge in [-0.25, -0.2) is 9.37 Å². The number of carbonyl (C=O) groups excluding carboxylic acids is 3. The number of aromatic nitrogens is 1. The number of ether oxygens (including phenoxy) is 5. The molecule has 2 aliphatic rings. The number of quaternary nitrogens is 1. The van der Waals surface area contributed by atoms with Gasteiger partial charge in [-0.15, -0.1) is 0 Å². The molecule has 1 aromatic heterocycles. The molecule has 2 aliphatic heterocycles. The Kier molecular flexibility index (Phi) is 14.6. The third-order valence-electron chi connectivity index (χ3n) is 14.7. The highest BCUT2D eigenvalue weighted by molar-refractivity contribution is 6.26. The number of hydrogen-bond acceptors (Lipinski definition) is 13. The van der Waals surface area contributed by atoms with Crippen LogP contribution in [0, 0.1) is 42.3 Å². The van der Waals surface area contributed by atoms with Gasteiger partial charge < -0.3 is 48.1 Å². The number of nitrogens with one attached hydrogen (secondary N) is 1. The standard InChI is InChI=1S/C52H66FN3O12/c1-25-17-16-18-26(2)50(62)55-42-45(60)38-37(41-48(42)67-36-24-33(23-34(53)40(36)54-41)64-22-20-56(13,14)51(9,10)11)39-47(31(7)44(38)59)68-52(12,49(39)61)65-21-19-35(63-15)30(6)46(66-32(8)57)29(5)27(3)28(4)43(25)58/h16-19,21,23-25,27-30,35,43,46,58H,20,22H2,1-15H3,(H-,54,55,59,60,61,62)/p+1/b17-16+,21-19+,26-18-/t25-,27+,28-,29+,30+,35-,43-,46-,52-/m0/s1. The van der Waals surface area contributed by atoms with E-state index in [0.29, 0.717) is 11.0 Å². The fraction of sp³-hybridized carbons (Fsp3) is 0.519. The van der Waals surface area contributed by atoms with Gasteiger partial charge in [-0.3, -0.25) is 19.2 Å². The number of methoxy groups -OCH3 is 1. The number of phenols is 1. The maximum atomic E-state index is 16.3. The second-order valence-corrected chi connectivity index (χ2v) is 20.3. The first-order valence-corrected chi connectivity index (χ1v) is 23.0. The van der Waals surface area contributed by atoms with E-state index >= 15 is 4.39 Å². The Hall–Kier alpha value is -5.84. The number of allylic oxidation sites excluding steroid dienone is 2. The number of ketones is 1.